The van der Waals surface area contributed by atoms with Crippen molar-refractivity contribution in [2.24, 2.45) is 5.73 Å². The third-order valence-corrected chi connectivity index (χ3v) is 6.14. The molecule has 0 bridgehead atoms. The highest BCUT2D eigenvalue weighted by molar-refractivity contribution is 7.93. The molecule has 1 fully saturated rings. The van der Waals surface area contributed by atoms with Gasteiger partial charge in [-0.15, -0.1) is 0 Å². The molecule has 1 aromatic rings. The normalized spacial score (nSPS) is 16.5. The first-order valence-electron chi connectivity index (χ1n) is 6.30. The predicted octanol–water partition coefficient (Wildman–Crippen LogP) is 2.03. The lowest BCUT2D eigenvalue weighted by atomic mass is 10.2. The number of sulfonamides is 1. The molecule has 0 amide bonds. The van der Waals surface area contributed by atoms with E-state index in [2.05, 4.69) is 0 Å². The van der Waals surface area contributed by atoms with Gasteiger partial charge in [0.05, 0.1) is 10.9 Å². The van der Waals surface area contributed by atoms with Crippen LogP contribution in [0.4, 0.5) is 5.69 Å². The third-order valence-electron chi connectivity index (χ3n) is 3.62. The zero-order valence-electron chi connectivity index (χ0n) is 10.9. The van der Waals surface area contributed by atoms with E-state index in [0.29, 0.717) is 10.7 Å². The monoisotopic (exact) mass is 298 g/mol. The molecular weight excluding hydrogens is 280 g/mol. The SMILES string of the molecule is CN(c1ccc(C(N)=S)cc1)S(=O)(=O)C1CCCC1. The average Bonchev–Trinajstić information content (AvgIpc) is 2.92. The summed E-state index contributed by atoms with van der Waals surface area (Å²) < 4.78 is 26.2. The molecule has 1 aromatic carbocycles. The van der Waals surface area contributed by atoms with Crippen LogP contribution in [-0.4, -0.2) is 25.7 Å². The smallest absolute Gasteiger partial charge is 0.237 e. The molecule has 0 aliphatic heterocycles. The van der Waals surface area contributed by atoms with E-state index < -0.39 is 10.0 Å². The molecular formula is C13H18N2O2S2. The Morgan fingerprint density at radius 1 is 1.26 bits per heavy atom. The highest BCUT2D eigenvalue weighted by Crippen LogP contribution is 2.29. The highest BCUT2D eigenvalue weighted by atomic mass is 32.2. The van der Waals surface area contributed by atoms with Crippen molar-refractivity contribution in [1.82, 2.24) is 0 Å². The maximum atomic E-state index is 12.4. The Balaban J connectivity index is 2.23. The first kappa shape index (κ1) is 14.3. The minimum absolute atomic E-state index is 0.243. The van der Waals surface area contributed by atoms with E-state index in [9.17, 15) is 8.42 Å². The van der Waals surface area contributed by atoms with Gasteiger partial charge in [-0.2, -0.15) is 0 Å². The van der Waals surface area contributed by atoms with Crippen molar-refractivity contribution in [1.29, 1.82) is 0 Å². The zero-order chi connectivity index (χ0) is 14.0. The van der Waals surface area contributed by atoms with Gasteiger partial charge in [0.1, 0.15) is 4.99 Å². The number of hydrogen-bond donors (Lipinski definition) is 1. The van der Waals surface area contributed by atoms with Gasteiger partial charge in [0, 0.05) is 12.6 Å². The Morgan fingerprint density at radius 3 is 2.26 bits per heavy atom. The van der Waals surface area contributed by atoms with Crippen molar-refractivity contribution >= 4 is 32.9 Å². The molecule has 1 saturated carbocycles. The first-order valence-corrected chi connectivity index (χ1v) is 8.21. The quantitative estimate of drug-likeness (QED) is 0.864. The molecule has 0 heterocycles. The van der Waals surface area contributed by atoms with E-state index in [-0.39, 0.29) is 5.25 Å². The van der Waals surface area contributed by atoms with E-state index in [0.717, 1.165) is 31.2 Å². The van der Waals surface area contributed by atoms with Crippen LogP contribution in [0.15, 0.2) is 24.3 Å². The molecule has 0 saturated heterocycles. The summed E-state index contributed by atoms with van der Waals surface area (Å²) >= 11 is 4.88. The maximum absolute atomic E-state index is 12.4. The van der Waals surface area contributed by atoms with Crippen LogP contribution < -0.4 is 10.0 Å². The predicted molar refractivity (Wildman–Crippen MR) is 81.9 cm³/mol. The van der Waals surface area contributed by atoms with Gasteiger partial charge in [0.15, 0.2) is 0 Å². The van der Waals surface area contributed by atoms with Crippen molar-refractivity contribution in [3.8, 4) is 0 Å². The van der Waals surface area contributed by atoms with Crippen molar-refractivity contribution in [2.75, 3.05) is 11.4 Å². The van der Waals surface area contributed by atoms with Crippen LogP contribution >= 0.6 is 12.2 Å². The van der Waals surface area contributed by atoms with Crippen LogP contribution in [0.2, 0.25) is 0 Å². The van der Waals surface area contributed by atoms with E-state index >= 15 is 0 Å². The molecule has 0 radical (unpaired) electrons. The number of nitrogens with two attached hydrogens (primary N) is 1. The van der Waals surface area contributed by atoms with Crippen molar-refractivity contribution in [3.05, 3.63) is 29.8 Å². The lowest BCUT2D eigenvalue weighted by molar-refractivity contribution is 0.578. The number of rotatable bonds is 4. The van der Waals surface area contributed by atoms with Gasteiger partial charge >= 0.3 is 0 Å². The fourth-order valence-corrected chi connectivity index (χ4v) is 4.32. The molecule has 2 rings (SSSR count). The molecule has 1 aliphatic rings. The van der Waals surface area contributed by atoms with Gasteiger partial charge in [0.25, 0.3) is 0 Å². The Labute approximate surface area is 119 Å². The van der Waals surface area contributed by atoms with Crippen LogP contribution in [-0.2, 0) is 10.0 Å². The number of nitrogens with zero attached hydrogens (tertiary/aromatic N) is 1. The van der Waals surface area contributed by atoms with E-state index in [4.69, 9.17) is 18.0 Å². The topological polar surface area (TPSA) is 63.4 Å². The summed E-state index contributed by atoms with van der Waals surface area (Å²) in [5.41, 5.74) is 6.91. The molecule has 2 N–H and O–H groups in total. The minimum atomic E-state index is -3.26. The fraction of sp³-hybridized carbons (Fsp3) is 0.462. The van der Waals surface area contributed by atoms with Gasteiger partial charge < -0.3 is 5.73 Å². The van der Waals surface area contributed by atoms with Crippen LogP contribution in [0.1, 0.15) is 31.2 Å². The Bertz CT molecular complexity index is 561. The molecule has 6 heteroatoms. The van der Waals surface area contributed by atoms with Crippen molar-refractivity contribution in [3.63, 3.8) is 0 Å². The third kappa shape index (κ3) is 2.90. The molecule has 0 spiro atoms. The van der Waals surface area contributed by atoms with E-state index in [1.165, 1.54) is 4.31 Å². The van der Waals surface area contributed by atoms with Gasteiger partial charge in [-0.25, -0.2) is 8.42 Å². The second kappa shape index (κ2) is 5.46. The second-order valence-electron chi connectivity index (χ2n) is 4.83. The Hall–Kier alpha value is -1.14. The second-order valence-corrected chi connectivity index (χ2v) is 7.51. The standard InChI is InChI=1S/C13H18N2O2S2/c1-15(19(16,17)12-4-2-3-5-12)11-8-6-10(7-9-11)13(14)18/h6-9,12H,2-5H2,1H3,(H2,14,18). The summed E-state index contributed by atoms with van der Waals surface area (Å²) in [6.07, 6.45) is 3.52. The number of hydrogen-bond acceptors (Lipinski definition) is 3. The molecule has 0 unspecified atom stereocenters. The summed E-state index contributed by atoms with van der Waals surface area (Å²) in [6, 6.07) is 6.97. The lowest BCUT2D eigenvalue weighted by Gasteiger charge is -2.23. The van der Waals surface area contributed by atoms with Crippen molar-refractivity contribution < 1.29 is 8.42 Å². The number of anilines is 1. The van der Waals surface area contributed by atoms with Gasteiger partial charge in [-0.3, -0.25) is 4.31 Å². The van der Waals surface area contributed by atoms with Gasteiger partial charge in [-0.1, -0.05) is 25.1 Å². The highest BCUT2D eigenvalue weighted by Gasteiger charge is 2.32. The van der Waals surface area contributed by atoms with Crippen LogP contribution in [0.25, 0.3) is 0 Å². The van der Waals surface area contributed by atoms with Crippen LogP contribution in [0.5, 0.6) is 0 Å². The van der Waals surface area contributed by atoms with Gasteiger partial charge in [0.2, 0.25) is 10.0 Å². The van der Waals surface area contributed by atoms with Crippen LogP contribution in [0, 0.1) is 0 Å². The summed E-state index contributed by atoms with van der Waals surface area (Å²) in [4.78, 5) is 0.313. The van der Waals surface area contributed by atoms with Crippen LogP contribution in [0.3, 0.4) is 0 Å². The van der Waals surface area contributed by atoms with E-state index in [1.807, 2.05) is 0 Å². The minimum Gasteiger partial charge on any atom is -0.389 e. The molecule has 0 atom stereocenters. The average molecular weight is 298 g/mol. The summed E-state index contributed by atoms with van der Waals surface area (Å²) in [5, 5.41) is -0.243. The molecule has 0 aromatic heterocycles. The lowest BCUT2D eigenvalue weighted by Crippen LogP contribution is -2.34. The summed E-state index contributed by atoms with van der Waals surface area (Å²) in [5.74, 6) is 0. The molecule has 1 aliphatic carbocycles. The molecule has 4 nitrogen and oxygen atoms in total. The number of thiocarbonyl (C=S) groups is 1. The van der Waals surface area contributed by atoms with Gasteiger partial charge in [-0.05, 0) is 37.1 Å². The fourth-order valence-electron chi connectivity index (χ4n) is 2.39. The Kier molecular flexibility index (Phi) is 4.10. The summed E-state index contributed by atoms with van der Waals surface area (Å²) in [7, 11) is -1.65. The Morgan fingerprint density at radius 2 is 1.79 bits per heavy atom. The number of benzene rings is 1. The largest absolute Gasteiger partial charge is 0.389 e. The van der Waals surface area contributed by atoms with Crippen molar-refractivity contribution in [2.45, 2.75) is 30.9 Å². The van der Waals surface area contributed by atoms with E-state index in [1.54, 1.807) is 31.3 Å². The first-order chi connectivity index (χ1) is 8.93. The maximum Gasteiger partial charge on any atom is 0.237 e. The zero-order valence-corrected chi connectivity index (χ0v) is 12.5. The molecule has 19 heavy (non-hydrogen) atoms. The molecule has 104 valence electrons. The summed E-state index contributed by atoms with van der Waals surface area (Å²) in [6.45, 7) is 0.